The lowest BCUT2D eigenvalue weighted by Crippen LogP contribution is -2.46. The molecule has 2 rings (SSSR count). The van der Waals surface area contributed by atoms with Crippen LogP contribution in [0.5, 0.6) is 0 Å². The van der Waals surface area contributed by atoms with E-state index in [-0.39, 0.29) is 6.04 Å². The number of thioether (sulfide) groups is 1. The molecule has 2 aliphatic rings. The van der Waals surface area contributed by atoms with Crippen LogP contribution in [0.4, 0.5) is 0 Å². The molecule has 1 atom stereocenters. The maximum absolute atomic E-state index is 11.6. The van der Waals surface area contributed by atoms with Crippen LogP contribution in [0.25, 0.3) is 0 Å². The molecule has 0 unspecified atom stereocenters. The Morgan fingerprint density at radius 2 is 2.00 bits per heavy atom. The standard InChI is InChI=1S/C10H17NOS/c12-10-4-2-1-3-9(10)11-5-7-13-8-6-11/h9H,1-8H2/t9-/m1/s1. The Morgan fingerprint density at radius 3 is 2.69 bits per heavy atom. The summed E-state index contributed by atoms with van der Waals surface area (Å²) in [6.45, 7) is 2.25. The van der Waals surface area contributed by atoms with Crippen LogP contribution in [0.2, 0.25) is 0 Å². The van der Waals surface area contributed by atoms with Gasteiger partial charge < -0.3 is 0 Å². The van der Waals surface area contributed by atoms with Crippen LogP contribution in [0, 0.1) is 0 Å². The van der Waals surface area contributed by atoms with Crippen molar-refractivity contribution in [3.8, 4) is 0 Å². The molecular formula is C10H17NOS. The molecule has 0 aromatic carbocycles. The molecule has 2 fully saturated rings. The number of carbonyl (C=O) groups excluding carboxylic acids is 1. The van der Waals surface area contributed by atoms with Gasteiger partial charge in [-0.2, -0.15) is 11.8 Å². The van der Waals surface area contributed by atoms with Crippen molar-refractivity contribution < 1.29 is 4.79 Å². The Bertz CT molecular complexity index is 189. The zero-order valence-electron chi connectivity index (χ0n) is 8.00. The number of Topliss-reactive ketones (excluding diaryl/α,β-unsaturated/α-hetero) is 1. The molecule has 1 saturated heterocycles. The first kappa shape index (κ1) is 9.53. The number of hydrogen-bond donors (Lipinski definition) is 0. The van der Waals surface area contributed by atoms with Crippen LogP contribution in [0.15, 0.2) is 0 Å². The van der Waals surface area contributed by atoms with Crippen LogP contribution >= 0.6 is 11.8 Å². The van der Waals surface area contributed by atoms with Gasteiger partial charge in [0.25, 0.3) is 0 Å². The van der Waals surface area contributed by atoms with Gasteiger partial charge in [-0.15, -0.1) is 0 Å². The summed E-state index contributed by atoms with van der Waals surface area (Å²) in [6.07, 6.45) is 4.32. The van der Waals surface area contributed by atoms with Gasteiger partial charge in [0.05, 0.1) is 6.04 Å². The smallest absolute Gasteiger partial charge is 0.149 e. The maximum atomic E-state index is 11.6. The topological polar surface area (TPSA) is 20.3 Å². The molecular weight excluding hydrogens is 182 g/mol. The summed E-state index contributed by atoms with van der Waals surface area (Å²) in [5, 5.41) is 0. The summed E-state index contributed by atoms with van der Waals surface area (Å²) >= 11 is 2.01. The Hall–Kier alpha value is -0.0200. The Balaban J connectivity index is 1.92. The van der Waals surface area contributed by atoms with Crippen LogP contribution in [0.1, 0.15) is 25.7 Å². The van der Waals surface area contributed by atoms with Crippen LogP contribution in [-0.2, 0) is 4.79 Å². The lowest BCUT2D eigenvalue weighted by molar-refractivity contribution is -0.126. The maximum Gasteiger partial charge on any atom is 0.149 e. The zero-order valence-corrected chi connectivity index (χ0v) is 8.81. The van der Waals surface area contributed by atoms with Gasteiger partial charge in [-0.1, -0.05) is 6.42 Å². The van der Waals surface area contributed by atoms with E-state index in [1.165, 1.54) is 17.9 Å². The first-order valence-corrected chi connectivity index (χ1v) is 6.38. The highest BCUT2D eigenvalue weighted by atomic mass is 32.2. The van der Waals surface area contributed by atoms with Crippen molar-refractivity contribution in [1.82, 2.24) is 4.90 Å². The molecule has 13 heavy (non-hydrogen) atoms. The largest absolute Gasteiger partial charge is 0.298 e. The quantitative estimate of drug-likeness (QED) is 0.639. The third-order valence-electron chi connectivity index (χ3n) is 3.01. The van der Waals surface area contributed by atoms with E-state index in [9.17, 15) is 4.79 Å². The molecule has 0 aromatic rings. The van der Waals surface area contributed by atoms with Gasteiger partial charge in [0.15, 0.2) is 0 Å². The third-order valence-corrected chi connectivity index (χ3v) is 3.95. The molecule has 3 heteroatoms. The van der Waals surface area contributed by atoms with Crippen molar-refractivity contribution in [2.24, 2.45) is 0 Å². The number of ketones is 1. The first-order chi connectivity index (χ1) is 6.38. The molecule has 1 heterocycles. The van der Waals surface area contributed by atoms with Crippen molar-refractivity contribution in [2.75, 3.05) is 24.6 Å². The highest BCUT2D eigenvalue weighted by molar-refractivity contribution is 7.99. The second kappa shape index (κ2) is 4.47. The summed E-state index contributed by atoms with van der Waals surface area (Å²) in [7, 11) is 0. The highest BCUT2D eigenvalue weighted by Gasteiger charge is 2.28. The molecule has 0 spiro atoms. The number of carbonyl (C=O) groups is 1. The lowest BCUT2D eigenvalue weighted by Gasteiger charge is -2.35. The number of hydrogen-bond acceptors (Lipinski definition) is 3. The first-order valence-electron chi connectivity index (χ1n) is 5.22. The molecule has 1 aliphatic carbocycles. The van der Waals surface area contributed by atoms with E-state index in [0.717, 1.165) is 32.4 Å². The van der Waals surface area contributed by atoms with Gasteiger partial charge in [0, 0.05) is 31.0 Å². The van der Waals surface area contributed by atoms with E-state index in [0.29, 0.717) is 5.78 Å². The summed E-state index contributed by atoms with van der Waals surface area (Å²) in [4.78, 5) is 14.0. The summed E-state index contributed by atoms with van der Waals surface area (Å²) in [5.41, 5.74) is 0. The van der Waals surface area contributed by atoms with E-state index >= 15 is 0 Å². The molecule has 74 valence electrons. The molecule has 0 aromatic heterocycles. The monoisotopic (exact) mass is 199 g/mol. The van der Waals surface area contributed by atoms with Gasteiger partial charge >= 0.3 is 0 Å². The minimum atomic E-state index is 0.287. The highest BCUT2D eigenvalue weighted by Crippen LogP contribution is 2.22. The minimum absolute atomic E-state index is 0.287. The molecule has 0 bridgehead atoms. The minimum Gasteiger partial charge on any atom is -0.298 e. The molecule has 0 radical (unpaired) electrons. The third kappa shape index (κ3) is 2.26. The predicted octanol–water partition coefficient (Wildman–Crippen LogP) is 1.55. The fourth-order valence-electron chi connectivity index (χ4n) is 2.24. The second-order valence-electron chi connectivity index (χ2n) is 3.88. The van der Waals surface area contributed by atoms with Crippen molar-refractivity contribution >= 4 is 17.5 Å². The van der Waals surface area contributed by atoms with Crippen molar-refractivity contribution in [1.29, 1.82) is 0 Å². The number of rotatable bonds is 1. The van der Waals surface area contributed by atoms with E-state index in [1.807, 2.05) is 11.8 Å². The Labute approximate surface area is 84.1 Å². The van der Waals surface area contributed by atoms with E-state index in [4.69, 9.17) is 0 Å². The fraction of sp³-hybridized carbons (Fsp3) is 0.900. The van der Waals surface area contributed by atoms with Crippen molar-refractivity contribution in [2.45, 2.75) is 31.7 Å². The SMILES string of the molecule is O=C1CCCC[C@H]1N1CCSCC1. The molecule has 0 N–H and O–H groups in total. The Morgan fingerprint density at radius 1 is 1.23 bits per heavy atom. The van der Waals surface area contributed by atoms with Gasteiger partial charge in [-0.05, 0) is 12.8 Å². The van der Waals surface area contributed by atoms with E-state index in [1.54, 1.807) is 0 Å². The lowest BCUT2D eigenvalue weighted by atomic mass is 9.93. The van der Waals surface area contributed by atoms with Gasteiger partial charge in [-0.25, -0.2) is 0 Å². The van der Waals surface area contributed by atoms with Crippen LogP contribution in [-0.4, -0.2) is 41.3 Å². The second-order valence-corrected chi connectivity index (χ2v) is 5.10. The van der Waals surface area contributed by atoms with Gasteiger partial charge in [0.1, 0.15) is 5.78 Å². The van der Waals surface area contributed by atoms with Crippen LogP contribution < -0.4 is 0 Å². The van der Waals surface area contributed by atoms with Crippen molar-refractivity contribution in [3.05, 3.63) is 0 Å². The predicted molar refractivity (Wildman–Crippen MR) is 56.2 cm³/mol. The van der Waals surface area contributed by atoms with Gasteiger partial charge in [0.2, 0.25) is 0 Å². The Kier molecular flexibility index (Phi) is 3.28. The van der Waals surface area contributed by atoms with Gasteiger partial charge in [-0.3, -0.25) is 9.69 Å². The summed E-state index contributed by atoms with van der Waals surface area (Å²) < 4.78 is 0. The molecule has 0 amide bonds. The molecule has 1 aliphatic heterocycles. The molecule has 2 nitrogen and oxygen atoms in total. The van der Waals surface area contributed by atoms with E-state index < -0.39 is 0 Å². The van der Waals surface area contributed by atoms with Crippen LogP contribution in [0.3, 0.4) is 0 Å². The normalized spacial score (nSPS) is 32.0. The fourth-order valence-corrected chi connectivity index (χ4v) is 3.17. The van der Waals surface area contributed by atoms with E-state index in [2.05, 4.69) is 4.90 Å². The van der Waals surface area contributed by atoms with Crippen molar-refractivity contribution in [3.63, 3.8) is 0 Å². The summed E-state index contributed by atoms with van der Waals surface area (Å²) in [6, 6.07) is 0.287. The molecule has 1 saturated carbocycles. The average molecular weight is 199 g/mol. The number of nitrogens with zero attached hydrogens (tertiary/aromatic N) is 1. The average Bonchev–Trinajstić information content (AvgIpc) is 2.20. The summed E-state index contributed by atoms with van der Waals surface area (Å²) in [5.74, 6) is 2.92. The zero-order chi connectivity index (χ0) is 9.10.